The highest BCUT2D eigenvalue weighted by atomic mass is 35.5. The Kier molecular flexibility index (Phi) is 6.69. The Balaban J connectivity index is 0.00000243. The second-order valence-corrected chi connectivity index (χ2v) is 7.19. The Labute approximate surface area is 162 Å². The number of aryl methyl sites for hydroxylation is 1. The maximum Gasteiger partial charge on any atom is 0.260 e. The molecule has 1 aromatic heterocycles. The summed E-state index contributed by atoms with van der Waals surface area (Å²) in [5, 5.41) is 0.593. The number of fused-ring (bicyclic) bond motifs is 1. The molecule has 0 saturated carbocycles. The molecule has 0 radical (unpaired) electrons. The van der Waals surface area contributed by atoms with E-state index >= 15 is 0 Å². The first-order valence-corrected chi connectivity index (χ1v) is 8.85. The van der Waals surface area contributed by atoms with Gasteiger partial charge in [0, 0.05) is 18.7 Å². The molecular weight excluding hydrogens is 373 g/mol. The van der Waals surface area contributed by atoms with E-state index in [1.807, 2.05) is 50.2 Å². The number of nitrogens with zero attached hydrogens (tertiary/aromatic N) is 3. The number of thiazole rings is 1. The summed E-state index contributed by atoms with van der Waals surface area (Å²) in [5.74, 6) is -0.382. The van der Waals surface area contributed by atoms with Crippen LogP contribution in [-0.4, -0.2) is 43.0 Å². The van der Waals surface area contributed by atoms with Gasteiger partial charge in [0.2, 0.25) is 0 Å². The Morgan fingerprint density at radius 1 is 1.15 bits per heavy atom. The van der Waals surface area contributed by atoms with Crippen LogP contribution in [0.1, 0.15) is 15.9 Å². The molecule has 3 aromatic rings. The quantitative estimate of drug-likeness (QED) is 0.645. The summed E-state index contributed by atoms with van der Waals surface area (Å²) in [6, 6.07) is 12.0. The Bertz CT molecular complexity index is 913. The molecule has 0 atom stereocenters. The van der Waals surface area contributed by atoms with Crippen molar-refractivity contribution in [3.63, 3.8) is 0 Å². The van der Waals surface area contributed by atoms with Crippen LogP contribution < -0.4 is 4.90 Å². The van der Waals surface area contributed by atoms with Crippen LogP contribution in [0.25, 0.3) is 10.2 Å². The summed E-state index contributed by atoms with van der Waals surface area (Å²) in [6.07, 6.45) is 0. The smallest absolute Gasteiger partial charge is 0.260 e. The van der Waals surface area contributed by atoms with E-state index in [1.165, 1.54) is 23.5 Å². The minimum Gasteiger partial charge on any atom is -0.308 e. The third-order valence-electron chi connectivity index (χ3n) is 3.96. The van der Waals surface area contributed by atoms with Crippen molar-refractivity contribution in [2.45, 2.75) is 6.92 Å². The SMILES string of the molecule is Cc1ccccc1C(=O)N(CCN(C)C)c1nc2ccc(F)cc2s1.Cl. The lowest BCUT2D eigenvalue weighted by molar-refractivity contribution is 0.0984. The number of rotatable bonds is 5. The summed E-state index contributed by atoms with van der Waals surface area (Å²) in [6.45, 7) is 3.15. The molecule has 0 aliphatic rings. The first-order chi connectivity index (χ1) is 12.0. The maximum absolute atomic E-state index is 13.5. The van der Waals surface area contributed by atoms with Gasteiger partial charge in [0.15, 0.2) is 5.13 Å². The molecule has 26 heavy (non-hydrogen) atoms. The van der Waals surface area contributed by atoms with Gasteiger partial charge in [-0.05, 0) is 50.8 Å². The van der Waals surface area contributed by atoms with E-state index < -0.39 is 0 Å². The lowest BCUT2D eigenvalue weighted by Crippen LogP contribution is -2.37. The van der Waals surface area contributed by atoms with E-state index in [1.54, 1.807) is 11.0 Å². The highest BCUT2D eigenvalue weighted by Gasteiger charge is 2.22. The molecule has 0 unspecified atom stereocenters. The predicted molar refractivity (Wildman–Crippen MR) is 108 cm³/mol. The fourth-order valence-corrected chi connectivity index (χ4v) is 3.56. The van der Waals surface area contributed by atoms with Crippen molar-refractivity contribution in [2.75, 3.05) is 32.1 Å². The second kappa shape index (κ2) is 8.58. The molecule has 0 aliphatic heterocycles. The third kappa shape index (κ3) is 4.38. The van der Waals surface area contributed by atoms with Gasteiger partial charge in [0.25, 0.3) is 5.91 Å². The van der Waals surface area contributed by atoms with E-state index in [0.29, 0.717) is 29.3 Å². The second-order valence-electron chi connectivity index (χ2n) is 6.18. The zero-order valence-electron chi connectivity index (χ0n) is 14.9. The molecular formula is C19H21ClFN3OS. The topological polar surface area (TPSA) is 36.4 Å². The molecule has 0 aliphatic carbocycles. The number of aromatic nitrogens is 1. The fraction of sp³-hybridized carbons (Fsp3) is 0.263. The number of benzene rings is 2. The van der Waals surface area contributed by atoms with Gasteiger partial charge in [0.1, 0.15) is 5.82 Å². The van der Waals surface area contributed by atoms with E-state index in [-0.39, 0.29) is 24.1 Å². The van der Waals surface area contributed by atoms with Gasteiger partial charge in [-0.15, -0.1) is 12.4 Å². The summed E-state index contributed by atoms with van der Waals surface area (Å²) in [7, 11) is 3.92. The fourth-order valence-electron chi connectivity index (χ4n) is 2.54. The van der Waals surface area contributed by atoms with Crippen LogP contribution >= 0.6 is 23.7 Å². The predicted octanol–water partition coefficient (Wildman–Crippen LogP) is 4.37. The Morgan fingerprint density at radius 2 is 1.88 bits per heavy atom. The van der Waals surface area contributed by atoms with Crippen LogP contribution in [0.5, 0.6) is 0 Å². The van der Waals surface area contributed by atoms with Crippen LogP contribution in [0.15, 0.2) is 42.5 Å². The van der Waals surface area contributed by atoms with Crippen molar-refractivity contribution in [3.8, 4) is 0 Å². The molecule has 2 aromatic carbocycles. The number of amides is 1. The number of hydrogen-bond acceptors (Lipinski definition) is 4. The average Bonchev–Trinajstić information content (AvgIpc) is 2.97. The van der Waals surface area contributed by atoms with Gasteiger partial charge >= 0.3 is 0 Å². The van der Waals surface area contributed by atoms with Crippen LogP contribution in [0.3, 0.4) is 0 Å². The van der Waals surface area contributed by atoms with E-state index in [9.17, 15) is 9.18 Å². The molecule has 0 bridgehead atoms. The monoisotopic (exact) mass is 393 g/mol. The summed E-state index contributed by atoms with van der Waals surface area (Å²) in [5.41, 5.74) is 2.29. The minimum absolute atomic E-state index is 0. The van der Waals surface area contributed by atoms with Crippen molar-refractivity contribution in [1.82, 2.24) is 9.88 Å². The van der Waals surface area contributed by atoms with Gasteiger partial charge in [-0.3, -0.25) is 9.69 Å². The first kappa shape index (κ1) is 20.3. The molecule has 7 heteroatoms. The summed E-state index contributed by atoms with van der Waals surface area (Å²) < 4.78 is 14.2. The van der Waals surface area contributed by atoms with Crippen LogP contribution in [-0.2, 0) is 0 Å². The zero-order chi connectivity index (χ0) is 18.0. The van der Waals surface area contributed by atoms with E-state index in [4.69, 9.17) is 0 Å². The number of carbonyl (C=O) groups is 1. The lowest BCUT2D eigenvalue weighted by Gasteiger charge is -2.22. The van der Waals surface area contributed by atoms with Crippen molar-refractivity contribution in [1.29, 1.82) is 0 Å². The average molecular weight is 394 g/mol. The normalized spacial score (nSPS) is 10.8. The van der Waals surface area contributed by atoms with Crippen LogP contribution in [0.4, 0.5) is 9.52 Å². The van der Waals surface area contributed by atoms with Crippen molar-refractivity contribution in [2.24, 2.45) is 0 Å². The van der Waals surface area contributed by atoms with E-state index in [2.05, 4.69) is 4.98 Å². The third-order valence-corrected chi connectivity index (χ3v) is 5.00. The van der Waals surface area contributed by atoms with Gasteiger partial charge in [-0.1, -0.05) is 29.5 Å². The Hall–Kier alpha value is -2.02. The number of anilines is 1. The molecule has 1 heterocycles. The van der Waals surface area contributed by atoms with Crippen molar-refractivity contribution >= 4 is 45.0 Å². The van der Waals surface area contributed by atoms with Crippen LogP contribution in [0, 0.1) is 12.7 Å². The molecule has 0 spiro atoms. The number of carbonyl (C=O) groups excluding carboxylic acids is 1. The van der Waals surface area contributed by atoms with Crippen LogP contribution in [0.2, 0.25) is 0 Å². The van der Waals surface area contributed by atoms with E-state index in [0.717, 1.165) is 10.3 Å². The van der Waals surface area contributed by atoms with Crippen molar-refractivity contribution in [3.05, 3.63) is 59.4 Å². The largest absolute Gasteiger partial charge is 0.308 e. The molecule has 4 nitrogen and oxygen atoms in total. The lowest BCUT2D eigenvalue weighted by atomic mass is 10.1. The molecule has 3 rings (SSSR count). The summed E-state index contributed by atoms with van der Waals surface area (Å²) in [4.78, 5) is 21.4. The first-order valence-electron chi connectivity index (χ1n) is 8.04. The van der Waals surface area contributed by atoms with Gasteiger partial charge in [0.05, 0.1) is 10.2 Å². The molecule has 0 saturated heterocycles. The highest BCUT2D eigenvalue weighted by Crippen LogP contribution is 2.30. The van der Waals surface area contributed by atoms with Gasteiger partial charge in [-0.2, -0.15) is 0 Å². The molecule has 0 fully saturated rings. The minimum atomic E-state index is -0.298. The molecule has 1 amide bonds. The molecule has 0 N–H and O–H groups in total. The molecule has 138 valence electrons. The summed E-state index contributed by atoms with van der Waals surface area (Å²) >= 11 is 1.34. The maximum atomic E-state index is 13.5. The number of halogens is 2. The highest BCUT2D eigenvalue weighted by molar-refractivity contribution is 7.22. The van der Waals surface area contributed by atoms with Crippen molar-refractivity contribution < 1.29 is 9.18 Å². The standard InChI is InChI=1S/C19H20FN3OS.ClH/c1-13-6-4-5-7-15(13)18(24)23(11-10-22(2)3)19-21-16-9-8-14(20)12-17(16)25-19;/h4-9,12H,10-11H2,1-3H3;1H. The van der Waals surface area contributed by atoms with Gasteiger partial charge in [-0.25, -0.2) is 9.37 Å². The zero-order valence-corrected chi connectivity index (χ0v) is 16.5. The number of hydrogen-bond donors (Lipinski definition) is 0. The number of likely N-dealkylation sites (N-methyl/N-ethyl adjacent to an activating group) is 1. The van der Waals surface area contributed by atoms with Gasteiger partial charge < -0.3 is 4.90 Å². The Morgan fingerprint density at radius 3 is 2.58 bits per heavy atom.